The molecule has 0 spiro atoms. The number of rotatable bonds is 6. The number of carbonyl (C=O) groups excluding carboxylic acids is 1. The average molecular weight is 291 g/mol. The van der Waals surface area contributed by atoms with Gasteiger partial charge in [0, 0.05) is 18.2 Å². The van der Waals surface area contributed by atoms with Crippen molar-refractivity contribution in [2.45, 2.75) is 13.0 Å². The Bertz CT molecular complexity index is 413. The molecule has 1 amide bonds. The van der Waals surface area contributed by atoms with Crippen LogP contribution in [0.3, 0.4) is 0 Å². The third-order valence-corrected chi connectivity index (χ3v) is 2.76. The van der Waals surface area contributed by atoms with E-state index in [0.717, 1.165) is 0 Å². The van der Waals surface area contributed by atoms with Gasteiger partial charge in [-0.2, -0.15) is 0 Å². The van der Waals surface area contributed by atoms with Crippen LogP contribution in [0.4, 0.5) is 5.69 Å². The van der Waals surface area contributed by atoms with E-state index in [0.29, 0.717) is 22.3 Å². The molecule has 4 nitrogen and oxygen atoms in total. The van der Waals surface area contributed by atoms with Crippen molar-refractivity contribution in [3.8, 4) is 0 Å². The van der Waals surface area contributed by atoms with Crippen LogP contribution < -0.4 is 10.6 Å². The van der Waals surface area contributed by atoms with Gasteiger partial charge < -0.3 is 15.4 Å². The fraction of sp³-hybridized carbons (Fsp3) is 0.417. The molecule has 0 aromatic heterocycles. The monoisotopic (exact) mass is 290 g/mol. The molecule has 0 aliphatic heterocycles. The van der Waals surface area contributed by atoms with Crippen molar-refractivity contribution in [2.75, 3.05) is 25.6 Å². The second-order valence-electron chi connectivity index (χ2n) is 3.90. The highest BCUT2D eigenvalue weighted by Gasteiger charge is 2.08. The number of hydrogen-bond acceptors (Lipinski definition) is 3. The van der Waals surface area contributed by atoms with Gasteiger partial charge in [-0.3, -0.25) is 4.79 Å². The highest BCUT2D eigenvalue weighted by atomic mass is 35.5. The first-order valence-corrected chi connectivity index (χ1v) is 6.25. The summed E-state index contributed by atoms with van der Waals surface area (Å²) in [6.45, 7) is 2.48. The standard InChI is InChI=1S/C12H16Cl2N2O2/c1-8(7-18-2)16-12(17)6-15-11-5-9(13)3-4-10(11)14/h3-5,8,15H,6-7H2,1-2H3,(H,16,17). The summed E-state index contributed by atoms with van der Waals surface area (Å²) in [5, 5.41) is 6.80. The fourth-order valence-corrected chi connectivity index (χ4v) is 1.78. The van der Waals surface area contributed by atoms with Crippen LogP contribution in [0, 0.1) is 0 Å². The van der Waals surface area contributed by atoms with E-state index in [9.17, 15) is 4.79 Å². The molecule has 18 heavy (non-hydrogen) atoms. The highest BCUT2D eigenvalue weighted by Crippen LogP contribution is 2.24. The van der Waals surface area contributed by atoms with Crippen molar-refractivity contribution in [2.24, 2.45) is 0 Å². The molecule has 0 bridgehead atoms. The summed E-state index contributed by atoms with van der Waals surface area (Å²) >= 11 is 11.8. The lowest BCUT2D eigenvalue weighted by Crippen LogP contribution is -2.39. The Hall–Kier alpha value is -0.970. The van der Waals surface area contributed by atoms with Gasteiger partial charge in [0.1, 0.15) is 0 Å². The van der Waals surface area contributed by atoms with Crippen molar-refractivity contribution in [3.05, 3.63) is 28.2 Å². The Balaban J connectivity index is 2.45. The molecule has 1 rings (SSSR count). The number of anilines is 1. The van der Waals surface area contributed by atoms with Gasteiger partial charge in [-0.1, -0.05) is 23.2 Å². The molecule has 6 heteroatoms. The Labute approximate surface area is 117 Å². The van der Waals surface area contributed by atoms with Crippen LogP contribution in [0.25, 0.3) is 0 Å². The predicted octanol–water partition coefficient (Wildman–Crippen LogP) is 2.56. The molecule has 1 unspecified atom stereocenters. The van der Waals surface area contributed by atoms with E-state index in [4.69, 9.17) is 27.9 Å². The molecule has 100 valence electrons. The number of carbonyl (C=O) groups is 1. The molecule has 1 atom stereocenters. The quantitative estimate of drug-likeness (QED) is 0.847. The molecule has 0 heterocycles. The van der Waals surface area contributed by atoms with E-state index in [1.807, 2.05) is 6.92 Å². The number of halogens is 2. The summed E-state index contributed by atoms with van der Waals surface area (Å²) in [6.07, 6.45) is 0. The maximum Gasteiger partial charge on any atom is 0.239 e. The number of hydrogen-bond donors (Lipinski definition) is 2. The predicted molar refractivity (Wildman–Crippen MR) is 74.4 cm³/mol. The summed E-state index contributed by atoms with van der Waals surface area (Å²) in [5.41, 5.74) is 0.638. The van der Waals surface area contributed by atoms with Crippen molar-refractivity contribution in [1.29, 1.82) is 0 Å². The minimum absolute atomic E-state index is 0.0286. The molecule has 0 aliphatic carbocycles. The second-order valence-corrected chi connectivity index (χ2v) is 4.75. The molecule has 0 saturated heterocycles. The van der Waals surface area contributed by atoms with Gasteiger partial charge in [-0.05, 0) is 25.1 Å². The summed E-state index contributed by atoms with van der Waals surface area (Å²) in [6, 6.07) is 5.02. The molecule has 1 aromatic carbocycles. The first-order valence-electron chi connectivity index (χ1n) is 5.50. The van der Waals surface area contributed by atoms with Gasteiger partial charge >= 0.3 is 0 Å². The fourth-order valence-electron chi connectivity index (χ4n) is 1.43. The number of benzene rings is 1. The maximum absolute atomic E-state index is 11.6. The number of amides is 1. The number of methoxy groups -OCH3 is 1. The van der Waals surface area contributed by atoms with Crippen molar-refractivity contribution in [3.63, 3.8) is 0 Å². The van der Waals surface area contributed by atoms with E-state index < -0.39 is 0 Å². The van der Waals surface area contributed by atoms with E-state index in [1.165, 1.54) is 0 Å². The Morgan fingerprint density at radius 3 is 2.83 bits per heavy atom. The van der Waals surface area contributed by atoms with Crippen LogP contribution in [-0.2, 0) is 9.53 Å². The molecule has 0 fully saturated rings. The highest BCUT2D eigenvalue weighted by molar-refractivity contribution is 6.35. The van der Waals surface area contributed by atoms with Crippen molar-refractivity contribution in [1.82, 2.24) is 5.32 Å². The Morgan fingerprint density at radius 2 is 2.17 bits per heavy atom. The van der Waals surface area contributed by atoms with Crippen LogP contribution >= 0.6 is 23.2 Å². The van der Waals surface area contributed by atoms with Gasteiger partial charge in [-0.25, -0.2) is 0 Å². The van der Waals surface area contributed by atoms with E-state index in [2.05, 4.69) is 10.6 Å². The Morgan fingerprint density at radius 1 is 1.44 bits per heavy atom. The first kappa shape index (κ1) is 15.1. The molecule has 2 N–H and O–H groups in total. The maximum atomic E-state index is 11.6. The van der Waals surface area contributed by atoms with Crippen molar-refractivity contribution < 1.29 is 9.53 Å². The molecule has 1 aromatic rings. The van der Waals surface area contributed by atoms with Crippen LogP contribution in [0.2, 0.25) is 10.0 Å². The van der Waals surface area contributed by atoms with Crippen LogP contribution in [-0.4, -0.2) is 32.2 Å². The summed E-state index contributed by atoms with van der Waals surface area (Å²) < 4.78 is 4.93. The first-order chi connectivity index (χ1) is 8.52. The molecule has 0 aliphatic rings. The summed E-state index contributed by atoms with van der Waals surface area (Å²) in [5.74, 6) is -0.129. The molecule has 0 saturated carbocycles. The van der Waals surface area contributed by atoms with E-state index in [1.54, 1.807) is 25.3 Å². The zero-order valence-electron chi connectivity index (χ0n) is 10.3. The summed E-state index contributed by atoms with van der Waals surface area (Å²) in [7, 11) is 1.59. The zero-order valence-corrected chi connectivity index (χ0v) is 11.8. The van der Waals surface area contributed by atoms with E-state index >= 15 is 0 Å². The lowest BCUT2D eigenvalue weighted by atomic mass is 10.3. The number of ether oxygens (including phenoxy) is 1. The van der Waals surface area contributed by atoms with Crippen LogP contribution in [0.1, 0.15) is 6.92 Å². The molecular formula is C12H16Cl2N2O2. The van der Waals surface area contributed by atoms with Gasteiger partial charge in [0.2, 0.25) is 5.91 Å². The minimum Gasteiger partial charge on any atom is -0.383 e. The lowest BCUT2D eigenvalue weighted by molar-refractivity contribution is -0.120. The van der Waals surface area contributed by atoms with Gasteiger partial charge in [0.05, 0.1) is 23.9 Å². The van der Waals surface area contributed by atoms with Crippen LogP contribution in [0.5, 0.6) is 0 Å². The zero-order chi connectivity index (χ0) is 13.5. The third kappa shape index (κ3) is 5.12. The van der Waals surface area contributed by atoms with Gasteiger partial charge in [-0.15, -0.1) is 0 Å². The third-order valence-electron chi connectivity index (χ3n) is 2.19. The largest absolute Gasteiger partial charge is 0.383 e. The van der Waals surface area contributed by atoms with Gasteiger partial charge in [0.25, 0.3) is 0 Å². The summed E-state index contributed by atoms with van der Waals surface area (Å²) in [4.78, 5) is 11.6. The molecule has 0 radical (unpaired) electrons. The van der Waals surface area contributed by atoms with E-state index in [-0.39, 0.29) is 18.5 Å². The SMILES string of the molecule is COCC(C)NC(=O)CNc1cc(Cl)ccc1Cl. The lowest BCUT2D eigenvalue weighted by Gasteiger charge is -2.14. The van der Waals surface area contributed by atoms with Gasteiger partial charge in [0.15, 0.2) is 0 Å². The molecular weight excluding hydrogens is 275 g/mol. The van der Waals surface area contributed by atoms with Crippen molar-refractivity contribution >= 4 is 34.8 Å². The second kappa shape index (κ2) is 7.46. The Kier molecular flexibility index (Phi) is 6.25. The van der Waals surface area contributed by atoms with Crippen LogP contribution in [0.15, 0.2) is 18.2 Å². The topological polar surface area (TPSA) is 50.4 Å². The minimum atomic E-state index is -0.129. The normalized spacial score (nSPS) is 12.0. The smallest absolute Gasteiger partial charge is 0.239 e. The average Bonchev–Trinajstić information content (AvgIpc) is 2.30. The number of nitrogens with one attached hydrogen (secondary N) is 2.